The third kappa shape index (κ3) is 4.09. The molecule has 0 spiro atoms. The van der Waals surface area contributed by atoms with Crippen LogP contribution in [0.2, 0.25) is 5.02 Å². The number of benzene rings is 2. The molecule has 1 aliphatic carbocycles. The molecule has 0 aliphatic heterocycles. The van der Waals surface area contributed by atoms with Crippen molar-refractivity contribution in [3.63, 3.8) is 0 Å². The number of hydrogen-bond acceptors (Lipinski definition) is 4. The molecule has 1 fully saturated rings. The Kier molecular flexibility index (Phi) is 5.72. The van der Waals surface area contributed by atoms with Crippen LogP contribution in [0.3, 0.4) is 0 Å². The Morgan fingerprint density at radius 1 is 1.04 bits per heavy atom. The highest BCUT2D eigenvalue weighted by Gasteiger charge is 2.28. The number of nitrogens with zero attached hydrogens (tertiary/aromatic N) is 2. The van der Waals surface area contributed by atoms with E-state index in [-0.39, 0.29) is 6.04 Å². The van der Waals surface area contributed by atoms with Crippen LogP contribution >= 0.6 is 11.6 Å². The van der Waals surface area contributed by atoms with Crippen LogP contribution in [0.15, 0.2) is 42.5 Å². The number of aryl methyl sites for hydroxylation is 1. The van der Waals surface area contributed by atoms with Gasteiger partial charge >= 0.3 is 0 Å². The van der Waals surface area contributed by atoms with Crippen LogP contribution in [-0.4, -0.2) is 16.0 Å². The summed E-state index contributed by atoms with van der Waals surface area (Å²) in [5.74, 6) is 6.90. The predicted octanol–water partition coefficient (Wildman–Crippen LogP) is 5.25. The zero-order valence-electron chi connectivity index (χ0n) is 16.0. The van der Waals surface area contributed by atoms with Crippen molar-refractivity contribution in [2.24, 2.45) is 5.84 Å². The quantitative estimate of drug-likeness (QED) is 0.470. The number of nitrogens with one attached hydrogen (secondary N) is 1. The van der Waals surface area contributed by atoms with E-state index in [2.05, 4.69) is 30.5 Å². The molecule has 5 heteroatoms. The largest absolute Gasteiger partial charge is 0.271 e. The minimum absolute atomic E-state index is 0.250. The number of rotatable bonds is 4. The standard InChI is InChI=1S/C23H25ClN4/c1-15-6-12-20-19(14-15)23(18-4-2-3-5-21(18)28-25)27-22(26-20)13-9-16-7-10-17(24)11-8-16/h6-14,18,21,28H,2-5,25H2,1H3. The number of fused-ring (bicyclic) bond motifs is 1. The second-order valence-electron chi connectivity index (χ2n) is 7.54. The number of aromatic nitrogens is 2. The third-order valence-corrected chi connectivity index (χ3v) is 5.78. The Hall–Kier alpha value is -2.27. The highest BCUT2D eigenvalue weighted by molar-refractivity contribution is 6.30. The third-order valence-electron chi connectivity index (χ3n) is 5.52. The molecule has 144 valence electrons. The highest BCUT2D eigenvalue weighted by atomic mass is 35.5. The molecule has 4 nitrogen and oxygen atoms in total. The number of hydrogen-bond donors (Lipinski definition) is 2. The van der Waals surface area contributed by atoms with Gasteiger partial charge in [-0.2, -0.15) is 0 Å². The molecule has 0 bridgehead atoms. The molecule has 3 aromatic rings. The normalized spacial score (nSPS) is 20.1. The molecular weight excluding hydrogens is 368 g/mol. The van der Waals surface area contributed by atoms with E-state index in [4.69, 9.17) is 27.4 Å². The van der Waals surface area contributed by atoms with Crippen LogP contribution in [0.1, 0.15) is 54.2 Å². The lowest BCUT2D eigenvalue weighted by molar-refractivity contribution is 0.328. The molecule has 1 heterocycles. The van der Waals surface area contributed by atoms with Crippen molar-refractivity contribution in [2.75, 3.05) is 0 Å². The van der Waals surface area contributed by atoms with Gasteiger partial charge in [0, 0.05) is 22.4 Å². The van der Waals surface area contributed by atoms with Crippen molar-refractivity contribution < 1.29 is 0 Å². The van der Waals surface area contributed by atoms with Crippen LogP contribution in [0, 0.1) is 6.92 Å². The molecule has 0 radical (unpaired) electrons. The molecule has 2 aromatic carbocycles. The molecule has 28 heavy (non-hydrogen) atoms. The topological polar surface area (TPSA) is 63.8 Å². The maximum atomic E-state index is 5.98. The van der Waals surface area contributed by atoms with Gasteiger partial charge < -0.3 is 0 Å². The molecule has 4 rings (SSSR count). The van der Waals surface area contributed by atoms with Crippen LogP contribution in [0.25, 0.3) is 23.1 Å². The summed E-state index contributed by atoms with van der Waals surface area (Å²) in [6.07, 6.45) is 8.57. The summed E-state index contributed by atoms with van der Waals surface area (Å²) < 4.78 is 0. The summed E-state index contributed by atoms with van der Waals surface area (Å²) in [6.45, 7) is 2.11. The summed E-state index contributed by atoms with van der Waals surface area (Å²) in [4.78, 5) is 9.76. The van der Waals surface area contributed by atoms with Crippen molar-refractivity contribution in [1.82, 2.24) is 15.4 Å². The number of nitrogens with two attached hydrogens (primary N) is 1. The molecule has 2 atom stereocenters. The van der Waals surface area contributed by atoms with Gasteiger partial charge in [0.05, 0.1) is 11.2 Å². The van der Waals surface area contributed by atoms with Gasteiger partial charge in [-0.3, -0.25) is 11.3 Å². The zero-order valence-corrected chi connectivity index (χ0v) is 16.8. The first-order valence-electron chi connectivity index (χ1n) is 9.82. The van der Waals surface area contributed by atoms with Crippen LogP contribution < -0.4 is 11.3 Å². The summed E-state index contributed by atoms with van der Waals surface area (Å²) in [5, 5.41) is 1.87. The molecular formula is C23H25ClN4. The van der Waals surface area contributed by atoms with Gasteiger partial charge in [-0.15, -0.1) is 0 Å². The van der Waals surface area contributed by atoms with E-state index >= 15 is 0 Å². The van der Waals surface area contributed by atoms with E-state index in [9.17, 15) is 0 Å². The van der Waals surface area contributed by atoms with E-state index in [1.54, 1.807) is 0 Å². The maximum Gasteiger partial charge on any atom is 0.152 e. The SMILES string of the molecule is Cc1ccc2nc(C=Cc3ccc(Cl)cc3)nc(C3CCCCC3NN)c2c1. The van der Waals surface area contributed by atoms with Crippen molar-refractivity contribution in [3.05, 3.63) is 70.1 Å². The number of halogens is 1. The molecule has 1 aliphatic rings. The summed E-state index contributed by atoms with van der Waals surface area (Å²) in [7, 11) is 0. The monoisotopic (exact) mass is 392 g/mol. The lowest BCUT2D eigenvalue weighted by Crippen LogP contribution is -2.41. The van der Waals surface area contributed by atoms with Gasteiger partial charge in [0.2, 0.25) is 0 Å². The first-order valence-corrected chi connectivity index (χ1v) is 10.2. The molecule has 0 amide bonds. The second kappa shape index (κ2) is 8.39. The van der Waals surface area contributed by atoms with Crippen LogP contribution in [-0.2, 0) is 0 Å². The number of hydrazine groups is 1. The Morgan fingerprint density at radius 2 is 1.82 bits per heavy atom. The Labute approximate surface area is 170 Å². The van der Waals surface area contributed by atoms with Crippen LogP contribution in [0.5, 0.6) is 0 Å². The Bertz CT molecular complexity index is 997. The van der Waals surface area contributed by atoms with Gasteiger partial charge in [0.1, 0.15) is 0 Å². The fourth-order valence-electron chi connectivity index (χ4n) is 4.04. The van der Waals surface area contributed by atoms with E-state index in [0.29, 0.717) is 5.92 Å². The lowest BCUT2D eigenvalue weighted by Gasteiger charge is -2.31. The smallest absolute Gasteiger partial charge is 0.152 e. The second-order valence-corrected chi connectivity index (χ2v) is 7.97. The van der Waals surface area contributed by atoms with Gasteiger partial charge in [-0.05, 0) is 55.7 Å². The van der Waals surface area contributed by atoms with E-state index in [0.717, 1.165) is 45.8 Å². The molecule has 0 saturated heterocycles. The van der Waals surface area contributed by atoms with E-state index in [1.165, 1.54) is 18.4 Å². The summed E-state index contributed by atoms with van der Waals surface area (Å²) >= 11 is 5.98. The fraction of sp³-hybridized carbons (Fsp3) is 0.304. The average molecular weight is 393 g/mol. The van der Waals surface area contributed by atoms with E-state index < -0.39 is 0 Å². The molecule has 1 aromatic heterocycles. The zero-order chi connectivity index (χ0) is 19.5. The van der Waals surface area contributed by atoms with Crippen molar-refractivity contribution in [1.29, 1.82) is 0 Å². The molecule has 3 N–H and O–H groups in total. The first kappa shape index (κ1) is 19.1. The minimum Gasteiger partial charge on any atom is -0.271 e. The van der Waals surface area contributed by atoms with Gasteiger partial charge in [-0.1, -0.05) is 54.3 Å². The van der Waals surface area contributed by atoms with Crippen molar-refractivity contribution in [2.45, 2.75) is 44.6 Å². The lowest BCUT2D eigenvalue weighted by atomic mass is 9.81. The fourth-order valence-corrected chi connectivity index (χ4v) is 4.17. The van der Waals surface area contributed by atoms with Gasteiger partial charge in [0.25, 0.3) is 0 Å². The Morgan fingerprint density at radius 3 is 2.61 bits per heavy atom. The van der Waals surface area contributed by atoms with Crippen LogP contribution in [0.4, 0.5) is 0 Å². The summed E-state index contributed by atoms with van der Waals surface area (Å²) in [6, 6.07) is 14.4. The average Bonchev–Trinajstić information content (AvgIpc) is 2.73. The van der Waals surface area contributed by atoms with E-state index in [1.807, 2.05) is 36.4 Å². The summed E-state index contributed by atoms with van der Waals surface area (Å²) in [5.41, 5.74) is 7.39. The maximum absolute atomic E-state index is 5.98. The van der Waals surface area contributed by atoms with Gasteiger partial charge in [0.15, 0.2) is 5.82 Å². The molecule has 1 saturated carbocycles. The minimum atomic E-state index is 0.250. The highest BCUT2D eigenvalue weighted by Crippen LogP contribution is 2.35. The van der Waals surface area contributed by atoms with Crippen molar-refractivity contribution >= 4 is 34.7 Å². The first-order chi connectivity index (χ1) is 13.6. The van der Waals surface area contributed by atoms with Crippen molar-refractivity contribution in [3.8, 4) is 0 Å². The van der Waals surface area contributed by atoms with Gasteiger partial charge in [-0.25, -0.2) is 9.97 Å². The predicted molar refractivity (Wildman–Crippen MR) is 117 cm³/mol. The molecule has 2 unspecified atom stereocenters. The Balaban J connectivity index is 1.78.